The Morgan fingerprint density at radius 2 is 1.87 bits per heavy atom. The second kappa shape index (κ2) is 22.1. The van der Waals surface area contributed by atoms with E-state index in [0.29, 0.717) is 77.6 Å². The molecule has 77 heavy (non-hydrogen) atoms. The number of rotatable bonds is 7. The normalized spacial score (nSPS) is 31.5. The monoisotopic (exact) mass is 1080 g/mol. The fourth-order valence-corrected chi connectivity index (χ4v) is 17.0. The minimum atomic E-state index is -0.823. The summed E-state index contributed by atoms with van der Waals surface area (Å²) in [5.74, 6) is 16.5. The third-order valence-electron chi connectivity index (χ3n) is 17.9. The number of hydrogen-bond acceptors (Lipinski definition) is 16. The van der Waals surface area contributed by atoms with E-state index < -0.39 is 42.3 Å². The molecule has 0 aromatic heterocycles. The van der Waals surface area contributed by atoms with Crippen molar-refractivity contribution in [3.05, 3.63) is 92.7 Å². The van der Waals surface area contributed by atoms with Crippen molar-refractivity contribution in [1.29, 1.82) is 0 Å². The molecule has 6 heterocycles. The number of allylic oxidation sites excluding steroid dienone is 3. The van der Waals surface area contributed by atoms with Gasteiger partial charge in [0.1, 0.15) is 42.0 Å². The van der Waals surface area contributed by atoms with E-state index in [1.54, 1.807) is 13.2 Å². The summed E-state index contributed by atoms with van der Waals surface area (Å²) in [6.07, 6.45) is 15.6. The molecule has 3 fully saturated rings. The summed E-state index contributed by atoms with van der Waals surface area (Å²) in [5.41, 5.74) is 15.1. The van der Waals surface area contributed by atoms with E-state index in [4.69, 9.17) is 29.4 Å². The third-order valence-corrected chi connectivity index (χ3v) is 20.4. The van der Waals surface area contributed by atoms with E-state index in [0.717, 1.165) is 88.9 Å². The van der Waals surface area contributed by atoms with Crippen molar-refractivity contribution in [2.75, 3.05) is 51.8 Å². The molecule has 3 aliphatic carbocycles. The van der Waals surface area contributed by atoms with Crippen molar-refractivity contribution in [1.82, 2.24) is 16.0 Å². The molecule has 0 amide bonds. The second-order valence-electron chi connectivity index (χ2n) is 22.7. The Bertz CT molecular complexity index is 3050. The van der Waals surface area contributed by atoms with Crippen LogP contribution in [0.4, 0.5) is 0 Å². The number of dihydropyridines is 1. The quantitative estimate of drug-likeness (QED) is 0.0494. The van der Waals surface area contributed by atoms with Gasteiger partial charge in [0.25, 0.3) is 0 Å². The maximum absolute atomic E-state index is 13.3. The predicted molar refractivity (Wildman–Crippen MR) is 298 cm³/mol. The number of nitrogens with two attached hydrogens (primary N) is 1. The van der Waals surface area contributed by atoms with Crippen LogP contribution in [0.15, 0.2) is 53.8 Å². The lowest BCUT2D eigenvalue weighted by Crippen LogP contribution is -2.49. The summed E-state index contributed by atoms with van der Waals surface area (Å²) < 4.78 is 33.0. The fraction of sp³-hybridized carbons (Fsp3) is 0.525. The number of aliphatic hydroxyl groups excluding tert-OH is 2. The Kier molecular flexibility index (Phi) is 15.1. The number of esters is 1. The first-order chi connectivity index (χ1) is 37.5. The average Bonchev–Trinajstić information content (AvgIpc) is 4.08. The highest BCUT2D eigenvalue weighted by atomic mass is 33.1. The van der Waals surface area contributed by atoms with Gasteiger partial charge in [0, 0.05) is 108 Å². The van der Waals surface area contributed by atoms with Gasteiger partial charge in [0.15, 0.2) is 18.3 Å². The molecule has 0 radical (unpaired) electrons. The molecule has 1 saturated heterocycles. The zero-order valence-electron chi connectivity index (χ0n) is 43.8. The second-order valence-corrected chi connectivity index (χ2v) is 25.3. The average molecular weight is 1080 g/mol. The van der Waals surface area contributed by atoms with Crippen LogP contribution in [-0.2, 0) is 32.6 Å². The van der Waals surface area contributed by atoms with Gasteiger partial charge >= 0.3 is 5.97 Å². The number of ether oxygens (including phenoxy) is 5. The number of phenolic OH excluding ortho intramolecular Hbond substituents is 2. The largest absolute Gasteiger partial charge is 0.508 e. The molecule has 2 saturated carbocycles. The van der Waals surface area contributed by atoms with Crippen molar-refractivity contribution < 1.29 is 48.9 Å². The highest BCUT2D eigenvalue weighted by molar-refractivity contribution is 8.76. The van der Waals surface area contributed by atoms with E-state index in [1.807, 2.05) is 33.7 Å². The molecule has 12 unspecified atom stereocenters. The Labute approximate surface area is 459 Å². The van der Waals surface area contributed by atoms with Crippen LogP contribution >= 0.6 is 21.6 Å². The first kappa shape index (κ1) is 52.4. The number of aliphatic hydroxyl groups is 2. The lowest BCUT2D eigenvalue weighted by molar-refractivity contribution is -0.141. The van der Waals surface area contributed by atoms with Crippen LogP contribution in [-0.4, -0.2) is 103 Å². The van der Waals surface area contributed by atoms with Gasteiger partial charge in [-0.25, -0.2) is 0 Å². The number of carbonyl (C=O) groups is 1. The molecule has 9 N–H and O–H groups in total. The summed E-state index contributed by atoms with van der Waals surface area (Å²) in [6, 6.07) is 7.72. The maximum Gasteiger partial charge on any atom is 0.302 e. The van der Waals surface area contributed by atoms with Crippen molar-refractivity contribution in [2.45, 2.75) is 125 Å². The zero-order valence-corrected chi connectivity index (χ0v) is 45.5. The van der Waals surface area contributed by atoms with Gasteiger partial charge in [-0.1, -0.05) is 70.2 Å². The zero-order chi connectivity index (χ0) is 53.0. The molecule has 9 aliphatic rings. The Hall–Kier alpha value is -5.27. The number of phenols is 2. The molecule has 1 spiro atoms. The number of benzene rings is 3. The van der Waals surface area contributed by atoms with Crippen LogP contribution in [0.2, 0.25) is 0 Å². The summed E-state index contributed by atoms with van der Waals surface area (Å²) >= 11 is 0. The van der Waals surface area contributed by atoms with Gasteiger partial charge in [0.05, 0.1) is 30.4 Å². The van der Waals surface area contributed by atoms with Crippen LogP contribution in [0.5, 0.6) is 28.7 Å². The Balaban J connectivity index is 1.15. The summed E-state index contributed by atoms with van der Waals surface area (Å²) in [7, 11) is 5.39. The summed E-state index contributed by atoms with van der Waals surface area (Å²) in [4.78, 5) is 13.1. The standard InChI is InChI=1S/C61H70N4O10S2/c1-33(68)72-29-47-43-11-12-44-53-39(21-42(69)22-50(53)73-32-67)24-61-18-17-34(23-61)19-37-10-16-52(62)65-48(37)14-9-36-6-4-7-38(28-71-2)40(27-66)25-63-26-46-54(36)55(58(47)75-59(43)56(44)61)45-13-15-49-51(74-60(45)57(46)70)31-77-76-30-35-5-3-8-41(20-35)64-49/h10-13,15-16,21-22,34-36,38,40-41,47,49,51-52,58,63-67,69-70H,3,5,7-8,17-20,23-32,62H2,1-2H3. The number of nitrogens with one attached hydrogen (secondary N) is 3. The van der Waals surface area contributed by atoms with Gasteiger partial charge in [-0.15, -0.1) is 5.92 Å². The van der Waals surface area contributed by atoms with Gasteiger partial charge in [0.2, 0.25) is 0 Å². The minimum Gasteiger partial charge on any atom is -0.508 e. The summed E-state index contributed by atoms with van der Waals surface area (Å²) in [5, 5.41) is 56.7. The number of hydrogen-bond donors (Lipinski definition) is 8. The highest BCUT2D eigenvalue weighted by Gasteiger charge is 2.52. The number of fused-ring (bicyclic) bond motifs is 10. The maximum atomic E-state index is 13.3. The topological polar surface area (TPSA) is 206 Å². The number of carbonyl (C=O) groups excluding carboxylic acids is 1. The first-order valence-corrected chi connectivity index (χ1v) is 30.1. The molecular weight excluding hydrogens is 1010 g/mol. The molecule has 6 aliphatic heterocycles. The minimum absolute atomic E-state index is 0.00913. The van der Waals surface area contributed by atoms with E-state index in [2.05, 4.69) is 70.0 Å². The van der Waals surface area contributed by atoms with Gasteiger partial charge in [-0.2, -0.15) is 0 Å². The lowest BCUT2D eigenvalue weighted by atomic mass is 9.65. The first-order valence-electron chi connectivity index (χ1n) is 27.6. The van der Waals surface area contributed by atoms with Crippen LogP contribution in [0.25, 0.3) is 17.2 Å². The Morgan fingerprint density at radius 1 is 0.987 bits per heavy atom. The van der Waals surface area contributed by atoms with E-state index in [9.17, 15) is 25.2 Å². The molecule has 12 rings (SSSR count). The molecule has 14 nitrogen and oxygen atoms in total. The lowest BCUT2D eigenvalue weighted by Gasteiger charge is -2.39. The van der Waals surface area contributed by atoms with Crippen molar-refractivity contribution in [3.63, 3.8) is 0 Å². The molecule has 6 bridgehead atoms. The third kappa shape index (κ3) is 10.0. The van der Waals surface area contributed by atoms with E-state index in [-0.39, 0.29) is 61.2 Å². The molecule has 406 valence electrons. The van der Waals surface area contributed by atoms with Gasteiger partial charge < -0.3 is 65.8 Å². The molecule has 3 aromatic carbocycles. The van der Waals surface area contributed by atoms with Crippen molar-refractivity contribution in [3.8, 4) is 63.6 Å². The van der Waals surface area contributed by atoms with Gasteiger partial charge in [-0.05, 0) is 109 Å². The van der Waals surface area contributed by atoms with Crippen molar-refractivity contribution >= 4 is 33.6 Å². The van der Waals surface area contributed by atoms with Crippen molar-refractivity contribution in [2.24, 2.45) is 29.4 Å². The van der Waals surface area contributed by atoms with Crippen LogP contribution < -0.4 is 35.9 Å². The Morgan fingerprint density at radius 3 is 2.71 bits per heavy atom. The van der Waals surface area contributed by atoms with E-state index in [1.165, 1.54) is 19.8 Å². The highest BCUT2D eigenvalue weighted by Crippen LogP contribution is 2.64. The molecule has 3 aromatic rings. The van der Waals surface area contributed by atoms with E-state index >= 15 is 0 Å². The van der Waals surface area contributed by atoms with Crippen LogP contribution in [0.3, 0.4) is 0 Å². The smallest absolute Gasteiger partial charge is 0.302 e. The number of aromatic hydroxyl groups is 2. The van der Waals surface area contributed by atoms with Gasteiger partial charge in [-0.3, -0.25) is 4.79 Å². The SMILES string of the molecule is COCC1CC#CC2C#CC3=C(C=CC(N)N3)CC3CCC4(Cc5cc(O)cc(OCO)c5-c5ccc6c(c54)OC(c4c5c(c(O)c(c42)CNCC1CO)OC1CSSCC2CCCC(C2)NC1C=C5)C6COC(C)=O)C3. The molecule has 12 atom stereocenters. The summed E-state index contributed by atoms with van der Waals surface area (Å²) in [6.45, 7) is 1.74. The fourth-order valence-electron chi connectivity index (χ4n) is 14.4. The molecular formula is C61H70N4O10S2. The predicted octanol–water partition coefficient (Wildman–Crippen LogP) is 7.71. The molecule has 16 heteroatoms. The van der Waals surface area contributed by atoms with Crippen LogP contribution in [0, 0.1) is 47.4 Å². The number of methoxy groups -OCH3 is 1. The van der Waals surface area contributed by atoms with Crippen LogP contribution in [0.1, 0.15) is 122 Å².